The molecule has 0 aromatic rings. The molecule has 0 aromatic heterocycles. The van der Waals surface area contributed by atoms with Crippen molar-refractivity contribution in [3.8, 4) is 0 Å². The SMILES string of the molecule is CCCCC/C=C\C/C=C\CCCCCCCCCC(=O)OC(COC(=O)CCCCCCC/C=C\C=C/CCCCCCCCC)COC(=O)CCCCCCCCCCCCCCCCCC. The summed E-state index contributed by atoms with van der Waals surface area (Å²) in [5, 5.41) is 0. The molecule has 0 spiro atoms. The summed E-state index contributed by atoms with van der Waals surface area (Å²) in [6, 6.07) is 0. The molecule has 0 aliphatic rings. The Morgan fingerprint density at radius 1 is 0.304 bits per heavy atom. The van der Waals surface area contributed by atoms with Crippen molar-refractivity contribution in [3.63, 3.8) is 0 Å². The van der Waals surface area contributed by atoms with E-state index in [0.717, 1.165) is 89.9 Å². The van der Waals surface area contributed by atoms with Gasteiger partial charge in [0.15, 0.2) is 6.10 Å². The Morgan fingerprint density at radius 2 is 0.565 bits per heavy atom. The molecule has 6 heteroatoms. The second kappa shape index (κ2) is 57.9. The van der Waals surface area contributed by atoms with Gasteiger partial charge < -0.3 is 14.2 Å². The predicted octanol–water partition coefficient (Wildman–Crippen LogP) is 20.2. The maximum atomic E-state index is 12.9. The number of allylic oxidation sites excluding steroid dienone is 8. The summed E-state index contributed by atoms with van der Waals surface area (Å²) in [5.74, 6) is -0.884. The molecule has 1 atom stereocenters. The second-order valence-electron chi connectivity index (χ2n) is 20.3. The number of rotatable bonds is 55. The maximum Gasteiger partial charge on any atom is 0.306 e. The summed E-state index contributed by atoms with van der Waals surface area (Å²) < 4.78 is 16.9. The minimum absolute atomic E-state index is 0.0783. The molecule has 6 nitrogen and oxygen atoms in total. The first-order chi connectivity index (χ1) is 34.0. The molecule has 0 N–H and O–H groups in total. The zero-order valence-electron chi connectivity index (χ0n) is 46.1. The molecule has 0 aliphatic carbocycles. The summed E-state index contributed by atoms with van der Waals surface area (Å²) >= 11 is 0. The lowest BCUT2D eigenvalue weighted by Gasteiger charge is -2.18. The van der Waals surface area contributed by atoms with Gasteiger partial charge in [0.1, 0.15) is 13.2 Å². The van der Waals surface area contributed by atoms with E-state index in [1.165, 1.54) is 186 Å². The van der Waals surface area contributed by atoms with Crippen LogP contribution in [0.25, 0.3) is 0 Å². The van der Waals surface area contributed by atoms with Crippen LogP contribution in [0.4, 0.5) is 0 Å². The number of ether oxygens (including phenoxy) is 3. The molecule has 0 fully saturated rings. The first-order valence-corrected chi connectivity index (χ1v) is 30.2. The molecular formula is C63H114O6. The Kier molecular flexibility index (Phi) is 55.7. The molecule has 0 aromatic carbocycles. The van der Waals surface area contributed by atoms with Gasteiger partial charge in [-0.05, 0) is 77.0 Å². The number of carbonyl (C=O) groups is 3. The van der Waals surface area contributed by atoms with Crippen LogP contribution < -0.4 is 0 Å². The highest BCUT2D eigenvalue weighted by atomic mass is 16.6. The van der Waals surface area contributed by atoms with E-state index >= 15 is 0 Å². The average Bonchev–Trinajstić information content (AvgIpc) is 3.35. The number of hydrogen-bond donors (Lipinski definition) is 0. The number of unbranched alkanes of at least 4 members (excludes halogenated alkanes) is 37. The summed E-state index contributed by atoms with van der Waals surface area (Å²) in [4.78, 5) is 38.2. The third-order valence-electron chi connectivity index (χ3n) is 13.3. The highest BCUT2D eigenvalue weighted by Crippen LogP contribution is 2.16. The van der Waals surface area contributed by atoms with E-state index in [4.69, 9.17) is 14.2 Å². The second-order valence-corrected chi connectivity index (χ2v) is 20.3. The molecular weight excluding hydrogens is 853 g/mol. The number of hydrogen-bond acceptors (Lipinski definition) is 6. The topological polar surface area (TPSA) is 78.9 Å². The van der Waals surface area contributed by atoms with Crippen LogP contribution in [-0.2, 0) is 28.6 Å². The summed E-state index contributed by atoms with van der Waals surface area (Å²) in [6.07, 6.45) is 71.0. The van der Waals surface area contributed by atoms with Gasteiger partial charge >= 0.3 is 17.9 Å². The molecule has 69 heavy (non-hydrogen) atoms. The van der Waals surface area contributed by atoms with Gasteiger partial charge in [0.2, 0.25) is 0 Å². The number of esters is 3. The van der Waals surface area contributed by atoms with Crippen LogP contribution in [0, 0.1) is 0 Å². The van der Waals surface area contributed by atoms with Crippen molar-refractivity contribution in [2.75, 3.05) is 13.2 Å². The zero-order valence-corrected chi connectivity index (χ0v) is 46.1. The van der Waals surface area contributed by atoms with Crippen molar-refractivity contribution < 1.29 is 28.6 Å². The zero-order chi connectivity index (χ0) is 50.0. The quantitative estimate of drug-likeness (QED) is 0.0199. The van der Waals surface area contributed by atoms with Crippen LogP contribution in [0.15, 0.2) is 48.6 Å². The molecule has 0 saturated carbocycles. The third-order valence-corrected chi connectivity index (χ3v) is 13.3. The van der Waals surface area contributed by atoms with Crippen molar-refractivity contribution in [3.05, 3.63) is 48.6 Å². The van der Waals surface area contributed by atoms with Gasteiger partial charge in [-0.15, -0.1) is 0 Å². The van der Waals surface area contributed by atoms with Crippen LogP contribution in [0.5, 0.6) is 0 Å². The normalized spacial score (nSPS) is 12.3. The lowest BCUT2D eigenvalue weighted by molar-refractivity contribution is -0.167. The Hall–Kier alpha value is -2.63. The lowest BCUT2D eigenvalue weighted by Crippen LogP contribution is -2.30. The molecule has 402 valence electrons. The Bertz CT molecular complexity index is 1200. The fourth-order valence-electron chi connectivity index (χ4n) is 8.76. The van der Waals surface area contributed by atoms with E-state index in [0.29, 0.717) is 19.3 Å². The van der Waals surface area contributed by atoms with Crippen molar-refractivity contribution in [1.82, 2.24) is 0 Å². The minimum Gasteiger partial charge on any atom is -0.462 e. The van der Waals surface area contributed by atoms with E-state index in [-0.39, 0.29) is 31.1 Å². The van der Waals surface area contributed by atoms with Crippen molar-refractivity contribution in [2.45, 2.75) is 322 Å². The Morgan fingerprint density at radius 3 is 0.913 bits per heavy atom. The van der Waals surface area contributed by atoms with Gasteiger partial charge in [0.25, 0.3) is 0 Å². The maximum absolute atomic E-state index is 12.9. The highest BCUT2D eigenvalue weighted by Gasteiger charge is 2.19. The first-order valence-electron chi connectivity index (χ1n) is 30.2. The molecule has 0 amide bonds. The molecule has 0 radical (unpaired) electrons. The fraction of sp³-hybridized carbons (Fsp3) is 0.825. The van der Waals surface area contributed by atoms with Gasteiger partial charge in [-0.1, -0.05) is 268 Å². The van der Waals surface area contributed by atoms with E-state index in [9.17, 15) is 14.4 Å². The van der Waals surface area contributed by atoms with Crippen LogP contribution in [0.3, 0.4) is 0 Å². The van der Waals surface area contributed by atoms with Gasteiger partial charge in [0.05, 0.1) is 0 Å². The Balaban J connectivity index is 4.39. The number of carbonyl (C=O) groups excluding carboxylic acids is 3. The molecule has 0 saturated heterocycles. The summed E-state index contributed by atoms with van der Waals surface area (Å²) in [6.45, 7) is 6.63. The molecule has 1 unspecified atom stereocenters. The van der Waals surface area contributed by atoms with Crippen LogP contribution in [-0.4, -0.2) is 37.2 Å². The smallest absolute Gasteiger partial charge is 0.306 e. The van der Waals surface area contributed by atoms with Crippen molar-refractivity contribution in [2.24, 2.45) is 0 Å². The van der Waals surface area contributed by atoms with Gasteiger partial charge in [0, 0.05) is 19.3 Å². The van der Waals surface area contributed by atoms with Crippen molar-refractivity contribution >= 4 is 17.9 Å². The van der Waals surface area contributed by atoms with Crippen LogP contribution >= 0.6 is 0 Å². The van der Waals surface area contributed by atoms with E-state index in [2.05, 4.69) is 69.4 Å². The Labute approximate surface area is 428 Å². The summed E-state index contributed by atoms with van der Waals surface area (Å²) in [7, 11) is 0. The van der Waals surface area contributed by atoms with Gasteiger partial charge in [-0.2, -0.15) is 0 Å². The van der Waals surface area contributed by atoms with E-state index in [1.54, 1.807) is 0 Å². The molecule has 0 aliphatic heterocycles. The predicted molar refractivity (Wildman–Crippen MR) is 298 cm³/mol. The van der Waals surface area contributed by atoms with E-state index < -0.39 is 6.10 Å². The van der Waals surface area contributed by atoms with E-state index in [1.807, 2.05) is 0 Å². The first kappa shape index (κ1) is 66.4. The van der Waals surface area contributed by atoms with Crippen LogP contribution in [0.1, 0.15) is 316 Å². The van der Waals surface area contributed by atoms with Gasteiger partial charge in [-0.3, -0.25) is 14.4 Å². The summed E-state index contributed by atoms with van der Waals surface area (Å²) in [5.41, 5.74) is 0. The largest absolute Gasteiger partial charge is 0.462 e. The third kappa shape index (κ3) is 56.2. The molecule has 0 bridgehead atoms. The molecule has 0 heterocycles. The van der Waals surface area contributed by atoms with Gasteiger partial charge in [-0.25, -0.2) is 0 Å². The monoisotopic (exact) mass is 967 g/mol. The average molecular weight is 968 g/mol. The standard InChI is InChI=1S/C63H114O6/c1-4-7-10-13-16-19-22-25-28-31-33-35-38-41-44-47-50-53-56-62(65)68-59-60(58-67-61(64)55-52-49-46-43-40-37-34-30-27-24-21-18-15-12-9-6-3)69-63(66)57-54-51-48-45-42-39-36-32-29-26-23-20-17-14-11-8-5-2/h17,20,26,28-29,31,33,35,60H,4-16,18-19,21-25,27,30,32,34,36-59H2,1-3H3/b20-17-,29-26-,31-28-,35-33-. The fourth-order valence-corrected chi connectivity index (χ4v) is 8.76. The minimum atomic E-state index is -0.782. The lowest BCUT2D eigenvalue weighted by atomic mass is 10.0. The highest BCUT2D eigenvalue weighted by molar-refractivity contribution is 5.71. The van der Waals surface area contributed by atoms with Crippen LogP contribution in [0.2, 0.25) is 0 Å². The van der Waals surface area contributed by atoms with Crippen molar-refractivity contribution in [1.29, 1.82) is 0 Å². The molecule has 0 rings (SSSR count).